The summed E-state index contributed by atoms with van der Waals surface area (Å²) in [6, 6.07) is 6.63. The van der Waals surface area contributed by atoms with Gasteiger partial charge in [-0.2, -0.15) is 5.10 Å². The van der Waals surface area contributed by atoms with Crippen LogP contribution in [-0.4, -0.2) is 76.9 Å². The Kier molecular flexibility index (Phi) is 7.00. The molecule has 2 fully saturated rings. The number of nitrogens with zero attached hydrogens (tertiary/aromatic N) is 4. The molecule has 1 saturated heterocycles. The molecule has 3 heterocycles. The zero-order valence-electron chi connectivity index (χ0n) is 20.3. The molecule has 10 nitrogen and oxygen atoms in total. The molecule has 37 heavy (non-hydrogen) atoms. The van der Waals surface area contributed by atoms with E-state index in [-0.39, 0.29) is 23.8 Å². The molecule has 1 aliphatic carbocycles. The number of aliphatic carboxylic acids is 1. The number of carboxylic acid groups (broad SMARTS) is 1. The lowest BCUT2D eigenvalue weighted by molar-refractivity contribution is -0.133. The Balaban J connectivity index is 1.30. The van der Waals surface area contributed by atoms with Crippen molar-refractivity contribution in [2.24, 2.45) is 5.10 Å². The number of allylic oxidation sites excluding steroid dienone is 1. The molecule has 11 heteroatoms. The number of hydrogen-bond donors (Lipinski definition) is 4. The first-order valence-electron chi connectivity index (χ1n) is 12.3. The normalized spacial score (nSPS) is 21.3. The molecule has 2 atom stereocenters. The summed E-state index contributed by atoms with van der Waals surface area (Å²) in [5, 5.41) is 34.4. The fourth-order valence-electron chi connectivity index (χ4n) is 4.82. The molecule has 0 amide bonds. The van der Waals surface area contributed by atoms with Gasteiger partial charge in [-0.1, -0.05) is 6.58 Å². The van der Waals surface area contributed by atoms with Crippen LogP contribution < -0.4 is 15.2 Å². The molecule has 2 aromatic rings. The van der Waals surface area contributed by atoms with Gasteiger partial charge in [-0.15, -0.1) is 0 Å². The van der Waals surface area contributed by atoms with Crippen LogP contribution in [-0.2, 0) is 4.79 Å². The predicted molar refractivity (Wildman–Crippen MR) is 136 cm³/mol. The number of aliphatic hydroxyl groups is 2. The second-order valence-corrected chi connectivity index (χ2v) is 9.32. The lowest BCUT2D eigenvalue weighted by atomic mass is 9.95. The number of piperazine rings is 1. The summed E-state index contributed by atoms with van der Waals surface area (Å²) in [6.07, 6.45) is 4.58. The Morgan fingerprint density at radius 2 is 2.03 bits per heavy atom. The molecule has 0 spiro atoms. The number of carboxylic acids is 1. The number of rotatable bonds is 9. The van der Waals surface area contributed by atoms with Crippen LogP contribution in [0.4, 0.5) is 15.8 Å². The largest absolute Gasteiger partial charge is 0.478 e. The molecule has 3 aliphatic rings. The molecular formula is C26H30FN5O5. The van der Waals surface area contributed by atoms with Gasteiger partial charge >= 0.3 is 5.97 Å². The third kappa shape index (κ3) is 4.97. The number of hydrazone groups is 1. The summed E-state index contributed by atoms with van der Waals surface area (Å²) < 4.78 is 20.6. The lowest BCUT2D eigenvalue weighted by Crippen LogP contribution is -2.55. The van der Waals surface area contributed by atoms with Crippen molar-refractivity contribution in [3.8, 4) is 0 Å². The smallest absolute Gasteiger partial charge is 0.336 e. The molecular weight excluding hydrogens is 481 g/mol. The number of carbonyl (C=O) groups is 1. The number of benzene rings is 1. The third-order valence-electron chi connectivity index (χ3n) is 7.00. The Hall–Kier alpha value is -3.67. The van der Waals surface area contributed by atoms with Crippen molar-refractivity contribution in [3.05, 3.63) is 72.1 Å². The average Bonchev–Trinajstić information content (AvgIpc) is 3.60. The number of furan rings is 1. The Morgan fingerprint density at radius 3 is 2.62 bits per heavy atom. The molecule has 1 saturated carbocycles. The van der Waals surface area contributed by atoms with Crippen LogP contribution in [0.3, 0.4) is 0 Å². The molecule has 2 aliphatic heterocycles. The van der Waals surface area contributed by atoms with E-state index >= 15 is 4.39 Å². The SMILES string of the molecule is C=C/C(=N\NC(CO)N1CCN(c2cc3c(cc2F)C(O)C(C(=O)O)=CN3C2CC2)CC1)c1ccco1. The van der Waals surface area contributed by atoms with Crippen LogP contribution in [0, 0.1) is 5.82 Å². The fraction of sp³-hybridized carbons (Fsp3) is 0.385. The van der Waals surface area contributed by atoms with E-state index in [0.717, 1.165) is 12.8 Å². The second-order valence-electron chi connectivity index (χ2n) is 9.32. The van der Waals surface area contributed by atoms with E-state index < -0.39 is 24.1 Å². The highest BCUT2D eigenvalue weighted by atomic mass is 19.1. The van der Waals surface area contributed by atoms with E-state index in [1.165, 1.54) is 12.3 Å². The van der Waals surface area contributed by atoms with Crippen LogP contribution in [0.15, 0.2) is 64.5 Å². The first kappa shape index (κ1) is 25.0. The minimum absolute atomic E-state index is 0.148. The molecule has 0 bridgehead atoms. The highest BCUT2D eigenvalue weighted by Crippen LogP contribution is 2.44. The van der Waals surface area contributed by atoms with E-state index in [1.807, 2.05) is 14.7 Å². The zero-order chi connectivity index (χ0) is 26.1. The summed E-state index contributed by atoms with van der Waals surface area (Å²) in [4.78, 5) is 17.4. The highest BCUT2D eigenvalue weighted by Gasteiger charge is 2.38. The van der Waals surface area contributed by atoms with Crippen molar-refractivity contribution in [1.82, 2.24) is 10.3 Å². The molecule has 1 aromatic carbocycles. The van der Waals surface area contributed by atoms with Crippen molar-refractivity contribution in [3.63, 3.8) is 0 Å². The predicted octanol–water partition coefficient (Wildman–Crippen LogP) is 2.02. The van der Waals surface area contributed by atoms with Gasteiger partial charge in [0.1, 0.15) is 23.8 Å². The fourth-order valence-corrected chi connectivity index (χ4v) is 4.82. The zero-order valence-corrected chi connectivity index (χ0v) is 20.3. The number of fused-ring (bicyclic) bond motifs is 1. The molecule has 0 radical (unpaired) electrons. The second kappa shape index (κ2) is 10.4. The van der Waals surface area contributed by atoms with Crippen LogP contribution in [0.5, 0.6) is 0 Å². The Bertz CT molecular complexity index is 1220. The van der Waals surface area contributed by atoms with Gasteiger partial charge < -0.3 is 29.5 Å². The number of aliphatic hydroxyl groups excluding tert-OH is 2. The van der Waals surface area contributed by atoms with Crippen LogP contribution in [0.2, 0.25) is 0 Å². The van der Waals surface area contributed by atoms with Gasteiger partial charge in [0.05, 0.1) is 24.1 Å². The molecule has 1 aromatic heterocycles. The summed E-state index contributed by atoms with van der Waals surface area (Å²) in [6.45, 7) is 5.69. The Labute approximate surface area is 213 Å². The maximum absolute atomic E-state index is 15.3. The van der Waals surface area contributed by atoms with E-state index in [9.17, 15) is 20.1 Å². The average molecular weight is 512 g/mol. The first-order valence-corrected chi connectivity index (χ1v) is 12.3. The monoisotopic (exact) mass is 511 g/mol. The van der Waals surface area contributed by atoms with Gasteiger partial charge in [-0.3, -0.25) is 10.3 Å². The summed E-state index contributed by atoms with van der Waals surface area (Å²) in [5.41, 5.74) is 4.65. The van der Waals surface area contributed by atoms with Crippen molar-refractivity contribution in [1.29, 1.82) is 0 Å². The quantitative estimate of drug-likeness (QED) is 0.296. The minimum atomic E-state index is -1.39. The summed E-state index contributed by atoms with van der Waals surface area (Å²) >= 11 is 0. The lowest BCUT2D eigenvalue weighted by Gasteiger charge is -2.40. The van der Waals surface area contributed by atoms with E-state index in [0.29, 0.717) is 49.0 Å². The van der Waals surface area contributed by atoms with E-state index in [2.05, 4.69) is 17.1 Å². The van der Waals surface area contributed by atoms with Crippen molar-refractivity contribution in [2.45, 2.75) is 31.2 Å². The maximum atomic E-state index is 15.3. The van der Waals surface area contributed by atoms with Gasteiger partial charge in [0.25, 0.3) is 0 Å². The van der Waals surface area contributed by atoms with Gasteiger partial charge in [-0.25, -0.2) is 9.18 Å². The first-order chi connectivity index (χ1) is 17.9. The number of halogens is 1. The van der Waals surface area contributed by atoms with Crippen LogP contribution in [0.25, 0.3) is 0 Å². The van der Waals surface area contributed by atoms with Gasteiger partial charge in [-0.05, 0) is 43.2 Å². The Morgan fingerprint density at radius 1 is 1.27 bits per heavy atom. The minimum Gasteiger partial charge on any atom is -0.478 e. The molecule has 196 valence electrons. The van der Waals surface area contributed by atoms with E-state index in [4.69, 9.17) is 4.42 Å². The number of anilines is 2. The van der Waals surface area contributed by atoms with Gasteiger partial charge in [0, 0.05) is 49.7 Å². The molecule has 4 N–H and O–H groups in total. The van der Waals surface area contributed by atoms with Crippen LogP contribution in [0.1, 0.15) is 30.3 Å². The van der Waals surface area contributed by atoms with Crippen LogP contribution >= 0.6 is 0 Å². The summed E-state index contributed by atoms with van der Waals surface area (Å²) in [5.74, 6) is -1.17. The molecule has 2 unspecified atom stereocenters. The molecule has 5 rings (SSSR count). The highest BCUT2D eigenvalue weighted by molar-refractivity contribution is 6.06. The standard InChI is InChI=1S/C26H30FN5O5/c1-2-20(23-4-3-11-37-23)28-29-24(15-33)31-9-7-30(8-10-31)22-13-21-17(12-19(22)27)25(34)18(26(35)36)14-32(21)16-5-6-16/h2-4,11-14,16,24-25,29,33-34H,1,5-10,15H2,(H,35,36)/b28-20+. The maximum Gasteiger partial charge on any atom is 0.336 e. The number of nitrogens with one attached hydrogen (secondary N) is 1. The van der Waals surface area contributed by atoms with Crippen molar-refractivity contribution >= 4 is 23.1 Å². The van der Waals surface area contributed by atoms with Crippen molar-refractivity contribution < 1.29 is 28.9 Å². The third-order valence-corrected chi connectivity index (χ3v) is 7.00. The van der Waals surface area contributed by atoms with Crippen molar-refractivity contribution in [2.75, 3.05) is 42.6 Å². The van der Waals surface area contributed by atoms with E-state index in [1.54, 1.807) is 30.5 Å². The topological polar surface area (TPSA) is 125 Å². The number of hydrogen-bond acceptors (Lipinski definition) is 9. The van der Waals surface area contributed by atoms with Gasteiger partial charge in [0.2, 0.25) is 0 Å². The summed E-state index contributed by atoms with van der Waals surface area (Å²) in [7, 11) is 0. The van der Waals surface area contributed by atoms with Gasteiger partial charge in [0.15, 0.2) is 5.76 Å².